The summed E-state index contributed by atoms with van der Waals surface area (Å²) < 4.78 is 18.1. The lowest BCUT2D eigenvalue weighted by atomic mass is 10.1. The second kappa shape index (κ2) is 10.3. The number of nitrogens with zero attached hydrogens (tertiary/aromatic N) is 5. The van der Waals surface area contributed by atoms with Gasteiger partial charge in [0.2, 0.25) is 0 Å². The van der Waals surface area contributed by atoms with Gasteiger partial charge >= 0.3 is 5.95 Å². The summed E-state index contributed by atoms with van der Waals surface area (Å²) in [5.74, 6) is 0.361. The van der Waals surface area contributed by atoms with Gasteiger partial charge in [0.1, 0.15) is 19.0 Å². The average Bonchev–Trinajstić information content (AvgIpc) is 3.59. The number of amides is 1. The lowest BCUT2D eigenvalue weighted by Crippen LogP contribution is -2.46. The molecular weight excluding hydrogens is 504 g/mol. The van der Waals surface area contributed by atoms with E-state index < -0.39 is 30.4 Å². The highest BCUT2D eigenvalue weighted by molar-refractivity contribution is 6.30. The Balaban J connectivity index is 1.35. The van der Waals surface area contributed by atoms with E-state index in [-0.39, 0.29) is 6.61 Å². The van der Waals surface area contributed by atoms with Crippen LogP contribution in [0.3, 0.4) is 0 Å². The molecule has 1 aliphatic rings. The number of likely N-dealkylation sites (N-methyl/N-ethyl adjacent to an activating group) is 1. The van der Waals surface area contributed by atoms with Gasteiger partial charge in [-0.2, -0.15) is 0 Å². The number of aliphatic hydroxyl groups is 1. The molecule has 194 valence electrons. The fourth-order valence-corrected chi connectivity index (χ4v) is 4.30. The SMILES string of the molecule is CNC(=O)C1OC(n2cnc3c(NCc4cc(Cl)ccc4COc4cc(C)no4)ncnc32)C(O)C1N. The number of aliphatic hydroxyl groups excluding tert-OH is 1. The van der Waals surface area contributed by atoms with E-state index in [1.165, 1.54) is 24.3 Å². The zero-order chi connectivity index (χ0) is 26.1. The zero-order valence-electron chi connectivity index (χ0n) is 20.0. The monoisotopic (exact) mass is 528 g/mol. The summed E-state index contributed by atoms with van der Waals surface area (Å²) in [4.78, 5) is 25.1. The number of hydrogen-bond acceptors (Lipinski definition) is 11. The molecule has 0 saturated carbocycles. The first-order valence-corrected chi connectivity index (χ1v) is 11.8. The number of carbonyl (C=O) groups is 1. The third-order valence-corrected chi connectivity index (χ3v) is 6.29. The quantitative estimate of drug-likeness (QED) is 0.259. The first kappa shape index (κ1) is 24.9. The van der Waals surface area contributed by atoms with Crippen LogP contribution in [0.15, 0.2) is 41.4 Å². The van der Waals surface area contributed by atoms with Gasteiger partial charge in [0, 0.05) is 24.7 Å². The minimum absolute atomic E-state index is 0.250. The summed E-state index contributed by atoms with van der Waals surface area (Å²) in [5, 5.41) is 20.8. The van der Waals surface area contributed by atoms with E-state index in [1.807, 2.05) is 19.1 Å². The van der Waals surface area contributed by atoms with Crippen LogP contribution in [0.2, 0.25) is 5.02 Å². The first-order chi connectivity index (χ1) is 17.9. The summed E-state index contributed by atoms with van der Waals surface area (Å²) >= 11 is 6.25. The number of nitrogens with one attached hydrogen (secondary N) is 2. The van der Waals surface area contributed by atoms with Crippen LogP contribution in [-0.4, -0.2) is 61.0 Å². The molecule has 37 heavy (non-hydrogen) atoms. The molecule has 4 unspecified atom stereocenters. The van der Waals surface area contributed by atoms with Gasteiger partial charge in [-0.15, -0.1) is 0 Å². The molecule has 13 nitrogen and oxygen atoms in total. The lowest BCUT2D eigenvalue weighted by Gasteiger charge is -2.17. The smallest absolute Gasteiger partial charge is 0.311 e. The van der Waals surface area contributed by atoms with Crippen molar-refractivity contribution in [1.82, 2.24) is 30.0 Å². The molecular formula is C23H25ClN8O5. The molecule has 5 N–H and O–H groups in total. The Bertz CT molecular complexity index is 1430. The van der Waals surface area contributed by atoms with Gasteiger partial charge in [0.25, 0.3) is 5.91 Å². The number of fused-ring (bicyclic) bond motifs is 1. The number of aromatic nitrogens is 5. The van der Waals surface area contributed by atoms with Gasteiger partial charge in [0.05, 0.1) is 18.1 Å². The number of imidazole rings is 1. The van der Waals surface area contributed by atoms with Gasteiger partial charge < -0.3 is 35.5 Å². The number of halogens is 1. The molecule has 1 aromatic carbocycles. The predicted molar refractivity (Wildman–Crippen MR) is 132 cm³/mol. The first-order valence-electron chi connectivity index (χ1n) is 11.4. The van der Waals surface area contributed by atoms with Crippen LogP contribution in [-0.2, 0) is 22.7 Å². The number of anilines is 1. The summed E-state index contributed by atoms with van der Waals surface area (Å²) in [7, 11) is 1.47. The number of carbonyl (C=O) groups excluding carboxylic acids is 1. The molecule has 3 aromatic heterocycles. The maximum absolute atomic E-state index is 12.1. The second-order valence-corrected chi connectivity index (χ2v) is 8.95. The zero-order valence-corrected chi connectivity index (χ0v) is 20.7. The molecule has 1 fully saturated rings. The topological polar surface area (TPSA) is 175 Å². The van der Waals surface area contributed by atoms with Gasteiger partial charge in [-0.05, 0) is 30.2 Å². The van der Waals surface area contributed by atoms with Crippen LogP contribution < -0.4 is 21.1 Å². The number of hydrogen-bond donors (Lipinski definition) is 4. The molecule has 1 aliphatic heterocycles. The largest absolute Gasteiger partial charge is 0.459 e. The van der Waals surface area contributed by atoms with Crippen LogP contribution in [0.25, 0.3) is 11.2 Å². The number of rotatable bonds is 8. The minimum atomic E-state index is -1.15. The van der Waals surface area contributed by atoms with Crippen molar-refractivity contribution in [2.75, 3.05) is 12.4 Å². The van der Waals surface area contributed by atoms with Crippen molar-refractivity contribution in [2.45, 2.75) is 44.6 Å². The third-order valence-electron chi connectivity index (χ3n) is 6.05. The Labute approximate surface area is 215 Å². The van der Waals surface area contributed by atoms with E-state index in [9.17, 15) is 9.90 Å². The van der Waals surface area contributed by atoms with Crippen LogP contribution >= 0.6 is 11.6 Å². The molecule has 4 heterocycles. The molecule has 14 heteroatoms. The van der Waals surface area contributed by atoms with Crippen molar-refractivity contribution in [3.05, 3.63) is 58.8 Å². The Kier molecular flexibility index (Phi) is 6.93. The van der Waals surface area contributed by atoms with Crippen molar-refractivity contribution >= 4 is 34.5 Å². The normalized spacial score (nSPS) is 21.3. The summed E-state index contributed by atoms with van der Waals surface area (Å²) in [6.07, 6.45) is -0.259. The third kappa shape index (κ3) is 4.93. The van der Waals surface area contributed by atoms with Crippen LogP contribution in [0.5, 0.6) is 5.95 Å². The van der Waals surface area contributed by atoms with Crippen molar-refractivity contribution in [1.29, 1.82) is 0 Å². The van der Waals surface area contributed by atoms with Crippen molar-refractivity contribution in [2.24, 2.45) is 5.73 Å². The summed E-state index contributed by atoms with van der Waals surface area (Å²) in [6.45, 7) is 2.42. The fraction of sp³-hybridized carbons (Fsp3) is 0.348. The predicted octanol–water partition coefficient (Wildman–Crippen LogP) is 1.30. The molecule has 1 amide bonds. The fourth-order valence-electron chi connectivity index (χ4n) is 4.10. The molecule has 4 aromatic rings. The van der Waals surface area contributed by atoms with E-state index in [1.54, 1.807) is 12.1 Å². The molecule has 0 aliphatic carbocycles. The van der Waals surface area contributed by atoms with Crippen molar-refractivity contribution < 1.29 is 23.9 Å². The average molecular weight is 529 g/mol. The van der Waals surface area contributed by atoms with Crippen LogP contribution in [0, 0.1) is 6.92 Å². The standard InChI is InChI=1S/C23H25ClN8O5/c1-11-5-15(37-31-11)35-8-12-3-4-14(24)6-13(12)7-27-20-17-21(29-9-28-20)32(10-30-17)23-18(33)16(25)19(36-23)22(34)26-2/h3-6,9-10,16,18-19,23,33H,7-8,25H2,1-2H3,(H,26,34)(H,27,28,29). The maximum Gasteiger partial charge on any atom is 0.311 e. The van der Waals surface area contributed by atoms with Crippen molar-refractivity contribution in [3.63, 3.8) is 0 Å². The maximum atomic E-state index is 12.1. The summed E-state index contributed by atoms with van der Waals surface area (Å²) in [6, 6.07) is 6.28. The van der Waals surface area contributed by atoms with E-state index in [4.69, 9.17) is 31.3 Å². The Morgan fingerprint density at radius 3 is 2.86 bits per heavy atom. The highest BCUT2D eigenvalue weighted by Gasteiger charge is 2.46. The summed E-state index contributed by atoms with van der Waals surface area (Å²) in [5.41, 5.74) is 9.37. The molecule has 0 bridgehead atoms. The minimum Gasteiger partial charge on any atom is -0.459 e. The van der Waals surface area contributed by atoms with Gasteiger partial charge in [-0.1, -0.05) is 22.8 Å². The molecule has 4 atom stereocenters. The number of nitrogens with two attached hydrogens (primary N) is 1. The number of ether oxygens (including phenoxy) is 2. The molecule has 1 saturated heterocycles. The van der Waals surface area contributed by atoms with Gasteiger partial charge in [-0.3, -0.25) is 9.36 Å². The van der Waals surface area contributed by atoms with Crippen LogP contribution in [0.1, 0.15) is 23.0 Å². The number of aryl methyl sites for hydroxylation is 1. The molecule has 5 rings (SSSR count). The van der Waals surface area contributed by atoms with E-state index >= 15 is 0 Å². The lowest BCUT2D eigenvalue weighted by molar-refractivity contribution is -0.134. The second-order valence-electron chi connectivity index (χ2n) is 8.52. The van der Waals surface area contributed by atoms with Crippen molar-refractivity contribution in [3.8, 4) is 5.95 Å². The molecule has 0 radical (unpaired) electrons. The van der Waals surface area contributed by atoms with E-state index in [0.29, 0.717) is 34.5 Å². The Hall–Kier alpha value is -3.78. The van der Waals surface area contributed by atoms with Crippen LogP contribution in [0.4, 0.5) is 5.82 Å². The highest BCUT2D eigenvalue weighted by Crippen LogP contribution is 2.32. The number of benzene rings is 1. The Morgan fingerprint density at radius 1 is 1.27 bits per heavy atom. The Morgan fingerprint density at radius 2 is 2.11 bits per heavy atom. The van der Waals surface area contributed by atoms with Gasteiger partial charge in [0.15, 0.2) is 29.3 Å². The molecule has 0 spiro atoms. The van der Waals surface area contributed by atoms with E-state index in [0.717, 1.165) is 16.8 Å². The van der Waals surface area contributed by atoms with E-state index in [2.05, 4.69) is 30.7 Å². The van der Waals surface area contributed by atoms with Gasteiger partial charge in [-0.25, -0.2) is 15.0 Å². The highest BCUT2D eigenvalue weighted by atomic mass is 35.5.